The van der Waals surface area contributed by atoms with Crippen LogP contribution in [0.15, 0.2) is 24.3 Å². The van der Waals surface area contributed by atoms with E-state index in [0.717, 1.165) is 23.1 Å². The summed E-state index contributed by atoms with van der Waals surface area (Å²) >= 11 is 1.13. The van der Waals surface area contributed by atoms with Crippen molar-refractivity contribution in [1.29, 1.82) is 0 Å². The van der Waals surface area contributed by atoms with E-state index >= 15 is 0 Å². The van der Waals surface area contributed by atoms with Gasteiger partial charge in [-0.15, -0.1) is 0 Å². The van der Waals surface area contributed by atoms with Crippen LogP contribution in [0, 0.1) is 0 Å². The lowest BCUT2D eigenvalue weighted by Gasteiger charge is -2.02. The molecule has 2 atom stereocenters. The zero-order valence-electron chi connectivity index (χ0n) is 10.6. The molecule has 0 N–H and O–H groups in total. The van der Waals surface area contributed by atoms with E-state index in [4.69, 9.17) is 9.47 Å². The molecule has 1 fully saturated rings. The molecule has 0 bridgehead atoms. The van der Waals surface area contributed by atoms with Crippen molar-refractivity contribution in [2.24, 2.45) is 0 Å². The fraction of sp³-hybridized carbons (Fsp3) is 0.385. The van der Waals surface area contributed by atoms with Crippen LogP contribution >= 0.6 is 11.8 Å². The molecule has 0 aromatic heterocycles. The first-order valence-corrected chi connectivity index (χ1v) is 6.67. The van der Waals surface area contributed by atoms with Crippen molar-refractivity contribution in [1.82, 2.24) is 0 Å². The Morgan fingerprint density at radius 2 is 1.89 bits per heavy atom. The normalized spacial score (nSPS) is 20.7. The fourth-order valence-electron chi connectivity index (χ4n) is 1.55. The lowest BCUT2D eigenvalue weighted by Crippen LogP contribution is -2.15. The highest BCUT2D eigenvalue weighted by Gasteiger charge is 2.51. The van der Waals surface area contributed by atoms with E-state index in [9.17, 15) is 9.59 Å². The van der Waals surface area contributed by atoms with Gasteiger partial charge in [0.15, 0.2) is 12.2 Å². The summed E-state index contributed by atoms with van der Waals surface area (Å²) in [5.41, 5.74) is 1.01. The second-order valence-corrected chi connectivity index (χ2v) is 4.94. The first kappa shape index (κ1) is 13.9. The minimum Gasteiger partial charge on any atom is -0.497 e. The smallest absolute Gasteiger partial charge is 0.338 e. The number of thioether (sulfide) groups is 1. The molecule has 0 saturated carbocycles. The van der Waals surface area contributed by atoms with E-state index in [2.05, 4.69) is 4.74 Å². The van der Waals surface area contributed by atoms with E-state index in [0.29, 0.717) is 5.75 Å². The first-order chi connectivity index (χ1) is 9.15. The molecule has 1 aliphatic rings. The molecule has 1 aliphatic heterocycles. The van der Waals surface area contributed by atoms with Crippen molar-refractivity contribution in [3.05, 3.63) is 29.8 Å². The van der Waals surface area contributed by atoms with Gasteiger partial charge in [-0.1, -0.05) is 23.9 Å². The number of methoxy groups -OCH3 is 2. The second kappa shape index (κ2) is 6.08. The summed E-state index contributed by atoms with van der Waals surface area (Å²) in [5.74, 6) is 0.816. The zero-order chi connectivity index (χ0) is 13.8. The Bertz CT molecular complexity index is 470. The topological polar surface area (TPSA) is 65.1 Å². The number of epoxide rings is 1. The van der Waals surface area contributed by atoms with Gasteiger partial charge in [0, 0.05) is 5.75 Å². The maximum absolute atomic E-state index is 11.7. The Morgan fingerprint density at radius 1 is 1.21 bits per heavy atom. The predicted molar refractivity (Wildman–Crippen MR) is 70.0 cm³/mol. The van der Waals surface area contributed by atoms with Crippen LogP contribution in [0.3, 0.4) is 0 Å². The standard InChI is InChI=1S/C13H14O5S/c1-16-9-5-3-8(4-6-9)7-19-13(15)11-10(18-11)12(14)17-2/h3-6,10-11H,7H2,1-2H3. The maximum atomic E-state index is 11.7. The number of hydrogen-bond donors (Lipinski definition) is 0. The highest BCUT2D eigenvalue weighted by atomic mass is 32.2. The Balaban J connectivity index is 1.79. The SMILES string of the molecule is COC(=O)C1OC1C(=O)SCc1ccc(OC)cc1. The molecular formula is C13H14O5S. The van der Waals surface area contributed by atoms with E-state index in [1.807, 2.05) is 24.3 Å². The average Bonchev–Trinajstić information content (AvgIpc) is 3.25. The third-order valence-electron chi connectivity index (χ3n) is 2.70. The number of esters is 1. The first-order valence-electron chi connectivity index (χ1n) is 5.68. The molecule has 1 aromatic carbocycles. The van der Waals surface area contributed by atoms with Gasteiger partial charge in [0.25, 0.3) is 0 Å². The van der Waals surface area contributed by atoms with Gasteiger partial charge in [-0.2, -0.15) is 0 Å². The van der Waals surface area contributed by atoms with E-state index in [-0.39, 0.29) is 5.12 Å². The summed E-state index contributed by atoms with van der Waals surface area (Å²) in [6.07, 6.45) is -1.38. The van der Waals surface area contributed by atoms with Crippen molar-refractivity contribution < 1.29 is 23.8 Å². The minimum atomic E-state index is -0.721. The highest BCUT2D eigenvalue weighted by molar-refractivity contribution is 8.13. The van der Waals surface area contributed by atoms with Crippen LogP contribution in [0.4, 0.5) is 0 Å². The Morgan fingerprint density at radius 3 is 2.47 bits per heavy atom. The van der Waals surface area contributed by atoms with Gasteiger partial charge in [-0.3, -0.25) is 4.79 Å². The molecule has 102 valence electrons. The molecule has 2 rings (SSSR count). The molecule has 1 aromatic rings. The molecule has 2 unspecified atom stereocenters. The number of carbonyl (C=O) groups is 2. The number of rotatable bonds is 5. The van der Waals surface area contributed by atoms with Crippen molar-refractivity contribution in [2.45, 2.75) is 18.0 Å². The molecular weight excluding hydrogens is 268 g/mol. The summed E-state index contributed by atoms with van der Waals surface area (Å²) in [6, 6.07) is 7.46. The second-order valence-electron chi connectivity index (χ2n) is 3.96. The van der Waals surface area contributed by atoms with E-state index in [1.165, 1.54) is 7.11 Å². The Hall–Kier alpha value is -1.53. The van der Waals surface area contributed by atoms with Gasteiger partial charge in [-0.25, -0.2) is 4.79 Å². The van der Waals surface area contributed by atoms with Crippen molar-refractivity contribution in [3.63, 3.8) is 0 Å². The summed E-state index contributed by atoms with van der Waals surface area (Å²) in [6.45, 7) is 0. The molecule has 19 heavy (non-hydrogen) atoms. The van der Waals surface area contributed by atoms with Gasteiger partial charge < -0.3 is 14.2 Å². The van der Waals surface area contributed by atoms with Crippen LogP contribution in [0.1, 0.15) is 5.56 Å². The molecule has 0 aliphatic carbocycles. The largest absolute Gasteiger partial charge is 0.497 e. The van der Waals surface area contributed by atoms with Crippen LogP contribution in [0.2, 0.25) is 0 Å². The minimum absolute atomic E-state index is 0.147. The summed E-state index contributed by atoms with van der Waals surface area (Å²) in [4.78, 5) is 22.8. The molecule has 5 nitrogen and oxygen atoms in total. The van der Waals surface area contributed by atoms with Crippen LogP contribution in [0.5, 0.6) is 5.75 Å². The molecule has 1 saturated heterocycles. The van der Waals surface area contributed by atoms with E-state index < -0.39 is 18.2 Å². The zero-order valence-corrected chi connectivity index (χ0v) is 11.4. The average molecular weight is 282 g/mol. The molecule has 1 heterocycles. The van der Waals surface area contributed by atoms with Crippen molar-refractivity contribution in [3.8, 4) is 5.75 Å². The quantitative estimate of drug-likeness (QED) is 0.601. The lowest BCUT2D eigenvalue weighted by molar-refractivity contribution is -0.142. The van der Waals surface area contributed by atoms with Crippen LogP contribution < -0.4 is 4.74 Å². The van der Waals surface area contributed by atoms with Crippen molar-refractivity contribution in [2.75, 3.05) is 14.2 Å². The van der Waals surface area contributed by atoms with Crippen molar-refractivity contribution >= 4 is 22.8 Å². The van der Waals surface area contributed by atoms with Crippen LogP contribution in [0.25, 0.3) is 0 Å². The number of hydrogen-bond acceptors (Lipinski definition) is 6. The highest BCUT2D eigenvalue weighted by Crippen LogP contribution is 2.30. The Labute approximate surface area is 115 Å². The summed E-state index contributed by atoms with van der Waals surface area (Å²) < 4.78 is 14.5. The van der Waals surface area contributed by atoms with Gasteiger partial charge in [-0.05, 0) is 17.7 Å². The summed E-state index contributed by atoms with van der Waals surface area (Å²) in [7, 11) is 2.88. The van der Waals surface area contributed by atoms with Gasteiger partial charge >= 0.3 is 5.97 Å². The van der Waals surface area contributed by atoms with Gasteiger partial charge in [0.05, 0.1) is 14.2 Å². The summed E-state index contributed by atoms with van der Waals surface area (Å²) in [5, 5.41) is -0.147. The van der Waals surface area contributed by atoms with Gasteiger partial charge in [0.1, 0.15) is 5.75 Å². The fourth-order valence-corrected chi connectivity index (χ4v) is 2.39. The molecule has 6 heteroatoms. The maximum Gasteiger partial charge on any atom is 0.338 e. The van der Waals surface area contributed by atoms with Crippen LogP contribution in [-0.2, 0) is 24.8 Å². The molecule has 0 amide bonds. The lowest BCUT2D eigenvalue weighted by atomic mass is 10.2. The molecule has 0 spiro atoms. The third-order valence-corrected chi connectivity index (χ3v) is 3.69. The van der Waals surface area contributed by atoms with Gasteiger partial charge in [0.2, 0.25) is 5.12 Å². The number of carbonyl (C=O) groups excluding carboxylic acids is 2. The number of ether oxygens (including phenoxy) is 3. The Kier molecular flexibility index (Phi) is 4.44. The molecule has 0 radical (unpaired) electrons. The third kappa shape index (κ3) is 3.48. The monoisotopic (exact) mass is 282 g/mol. The van der Waals surface area contributed by atoms with Crippen LogP contribution in [-0.4, -0.2) is 37.5 Å². The number of benzene rings is 1. The van der Waals surface area contributed by atoms with E-state index in [1.54, 1.807) is 7.11 Å². The predicted octanol–water partition coefficient (Wildman–Crippen LogP) is 1.40.